The molecular weight excluding hydrogens is 343 g/mol. The van der Waals surface area contributed by atoms with Crippen molar-refractivity contribution >= 4 is 35.6 Å². The highest BCUT2D eigenvalue weighted by Crippen LogP contribution is 2.32. The fourth-order valence-corrected chi connectivity index (χ4v) is 3.25. The van der Waals surface area contributed by atoms with Crippen molar-refractivity contribution in [3.05, 3.63) is 28.2 Å². The summed E-state index contributed by atoms with van der Waals surface area (Å²) in [7, 11) is 2.02. The van der Waals surface area contributed by atoms with Crippen LogP contribution in [0.2, 0.25) is 10.0 Å². The van der Waals surface area contributed by atoms with Crippen molar-refractivity contribution in [1.82, 2.24) is 10.2 Å². The van der Waals surface area contributed by atoms with Gasteiger partial charge >= 0.3 is 0 Å². The summed E-state index contributed by atoms with van der Waals surface area (Å²) in [6, 6.07) is 5.43. The van der Waals surface area contributed by atoms with Gasteiger partial charge in [-0.2, -0.15) is 0 Å². The predicted molar refractivity (Wildman–Crippen MR) is 96.9 cm³/mol. The van der Waals surface area contributed by atoms with Gasteiger partial charge in [0.15, 0.2) is 5.75 Å². The van der Waals surface area contributed by atoms with E-state index in [-0.39, 0.29) is 12.4 Å². The lowest BCUT2D eigenvalue weighted by Crippen LogP contribution is -2.37. The van der Waals surface area contributed by atoms with Gasteiger partial charge in [0.1, 0.15) is 6.61 Å². The third-order valence-electron chi connectivity index (χ3n) is 4.08. The van der Waals surface area contributed by atoms with E-state index < -0.39 is 0 Å². The minimum absolute atomic E-state index is 0. The van der Waals surface area contributed by atoms with E-state index in [4.69, 9.17) is 27.9 Å². The van der Waals surface area contributed by atoms with Crippen LogP contribution in [0.25, 0.3) is 0 Å². The molecule has 1 aromatic carbocycles. The Morgan fingerprint density at radius 2 is 1.86 bits per heavy atom. The van der Waals surface area contributed by atoms with Gasteiger partial charge in [0.25, 0.3) is 0 Å². The van der Waals surface area contributed by atoms with Gasteiger partial charge in [0.2, 0.25) is 0 Å². The Morgan fingerprint density at radius 1 is 1.23 bits per heavy atom. The summed E-state index contributed by atoms with van der Waals surface area (Å²) < 4.78 is 5.75. The number of ether oxygens (including phenoxy) is 1. The van der Waals surface area contributed by atoms with Crippen LogP contribution in [0.5, 0.6) is 5.75 Å². The van der Waals surface area contributed by atoms with Crippen LogP contribution in [0.3, 0.4) is 0 Å². The molecule has 0 saturated carbocycles. The normalized spacial score (nSPS) is 16.3. The van der Waals surface area contributed by atoms with E-state index in [0.29, 0.717) is 22.4 Å². The summed E-state index contributed by atoms with van der Waals surface area (Å²) >= 11 is 12.2. The molecule has 22 heavy (non-hydrogen) atoms. The summed E-state index contributed by atoms with van der Waals surface area (Å²) in [5, 5.41) is 4.38. The summed E-state index contributed by atoms with van der Waals surface area (Å²) in [6.45, 7) is 5.01. The lowest BCUT2D eigenvalue weighted by Gasteiger charge is -2.31. The molecule has 126 valence electrons. The molecule has 1 aliphatic rings. The molecule has 0 bridgehead atoms. The van der Waals surface area contributed by atoms with Crippen molar-refractivity contribution in [3.8, 4) is 5.75 Å². The van der Waals surface area contributed by atoms with Crippen molar-refractivity contribution < 1.29 is 4.74 Å². The van der Waals surface area contributed by atoms with E-state index in [2.05, 4.69) is 10.2 Å². The largest absolute Gasteiger partial charge is 0.489 e. The highest BCUT2D eigenvalue weighted by Gasteiger charge is 2.18. The third-order valence-corrected chi connectivity index (χ3v) is 4.68. The molecule has 0 aliphatic carbocycles. The molecule has 2 rings (SSSR count). The van der Waals surface area contributed by atoms with Crippen LogP contribution in [0.4, 0.5) is 0 Å². The molecule has 0 spiro atoms. The van der Waals surface area contributed by atoms with Crippen LogP contribution in [-0.2, 0) is 0 Å². The minimum Gasteiger partial charge on any atom is -0.489 e. The molecule has 0 amide bonds. The van der Waals surface area contributed by atoms with Gasteiger partial charge in [0, 0.05) is 6.54 Å². The number of likely N-dealkylation sites (tertiary alicyclic amines) is 1. The van der Waals surface area contributed by atoms with Crippen LogP contribution in [0.1, 0.15) is 19.3 Å². The lowest BCUT2D eigenvalue weighted by atomic mass is 9.93. The zero-order valence-electron chi connectivity index (χ0n) is 13.0. The molecule has 0 unspecified atom stereocenters. The van der Waals surface area contributed by atoms with Gasteiger partial charge in [-0.15, -0.1) is 12.4 Å². The summed E-state index contributed by atoms with van der Waals surface area (Å²) in [6.07, 6.45) is 3.86. The van der Waals surface area contributed by atoms with Crippen molar-refractivity contribution in [1.29, 1.82) is 0 Å². The Hall–Kier alpha value is -0.190. The maximum Gasteiger partial charge on any atom is 0.156 e. The van der Waals surface area contributed by atoms with E-state index in [9.17, 15) is 0 Å². The molecule has 1 N–H and O–H groups in total. The molecule has 1 heterocycles. The van der Waals surface area contributed by atoms with Crippen molar-refractivity contribution in [2.24, 2.45) is 5.92 Å². The van der Waals surface area contributed by atoms with Crippen molar-refractivity contribution in [2.75, 3.05) is 39.8 Å². The van der Waals surface area contributed by atoms with E-state index in [0.717, 1.165) is 32.1 Å². The number of nitrogens with zero attached hydrogens (tertiary/aromatic N) is 1. The fraction of sp³-hybridized carbons (Fsp3) is 0.625. The molecule has 3 nitrogen and oxygen atoms in total. The fourth-order valence-electron chi connectivity index (χ4n) is 2.74. The Labute approximate surface area is 149 Å². The first-order valence-electron chi connectivity index (χ1n) is 7.64. The highest BCUT2D eigenvalue weighted by molar-refractivity contribution is 6.37. The van der Waals surface area contributed by atoms with Crippen LogP contribution < -0.4 is 10.1 Å². The van der Waals surface area contributed by atoms with Crippen LogP contribution >= 0.6 is 35.6 Å². The number of piperidine rings is 1. The van der Waals surface area contributed by atoms with E-state index in [1.807, 2.05) is 13.1 Å². The van der Waals surface area contributed by atoms with Crippen LogP contribution in [0, 0.1) is 5.92 Å². The van der Waals surface area contributed by atoms with E-state index in [1.54, 1.807) is 12.1 Å². The predicted octanol–water partition coefficient (Wildman–Crippen LogP) is 4.12. The summed E-state index contributed by atoms with van der Waals surface area (Å²) in [5.41, 5.74) is 0. The zero-order valence-corrected chi connectivity index (χ0v) is 15.3. The second-order valence-corrected chi connectivity index (χ2v) is 6.39. The monoisotopic (exact) mass is 366 g/mol. The number of nitrogens with one attached hydrogen (secondary N) is 1. The highest BCUT2D eigenvalue weighted by atomic mass is 35.5. The maximum atomic E-state index is 6.09. The summed E-state index contributed by atoms with van der Waals surface area (Å²) in [5.74, 6) is 1.47. The smallest absolute Gasteiger partial charge is 0.156 e. The molecule has 1 saturated heterocycles. The van der Waals surface area contributed by atoms with Crippen LogP contribution in [-0.4, -0.2) is 44.7 Å². The first-order valence-corrected chi connectivity index (χ1v) is 8.40. The zero-order chi connectivity index (χ0) is 15.1. The molecule has 0 atom stereocenters. The quantitative estimate of drug-likeness (QED) is 0.784. The second-order valence-electron chi connectivity index (χ2n) is 5.58. The van der Waals surface area contributed by atoms with E-state index >= 15 is 0 Å². The molecular formula is C16H25Cl3N2O. The first kappa shape index (κ1) is 19.9. The van der Waals surface area contributed by atoms with Gasteiger partial charge in [0.05, 0.1) is 10.0 Å². The standard InChI is InChI=1S/C16H24Cl2N2O.ClH/c1-19-8-5-13-6-9-20(10-7-13)11-12-21-16-14(17)3-2-4-15(16)18;/h2-4,13,19H,5-12H2,1H3;1H. The number of benzene rings is 1. The molecule has 0 aromatic heterocycles. The van der Waals surface area contributed by atoms with Crippen molar-refractivity contribution in [3.63, 3.8) is 0 Å². The van der Waals surface area contributed by atoms with Crippen molar-refractivity contribution in [2.45, 2.75) is 19.3 Å². The number of halogens is 3. The molecule has 1 aliphatic heterocycles. The van der Waals surface area contributed by atoms with Gasteiger partial charge in [-0.3, -0.25) is 4.90 Å². The maximum absolute atomic E-state index is 6.09. The van der Waals surface area contributed by atoms with Crippen LogP contribution in [0.15, 0.2) is 18.2 Å². The van der Waals surface area contributed by atoms with E-state index in [1.165, 1.54) is 19.3 Å². The average molecular weight is 368 g/mol. The Bertz CT molecular complexity index is 417. The van der Waals surface area contributed by atoms with Gasteiger partial charge in [-0.1, -0.05) is 29.3 Å². The topological polar surface area (TPSA) is 24.5 Å². The second kappa shape index (κ2) is 10.6. The SMILES string of the molecule is CNCCC1CCN(CCOc2c(Cl)cccc2Cl)CC1.Cl. The Kier molecular flexibility index (Phi) is 9.53. The lowest BCUT2D eigenvalue weighted by molar-refractivity contribution is 0.151. The number of hydrogen-bond donors (Lipinski definition) is 1. The van der Waals surface area contributed by atoms with Gasteiger partial charge in [-0.25, -0.2) is 0 Å². The number of hydrogen-bond acceptors (Lipinski definition) is 3. The number of para-hydroxylation sites is 1. The Balaban J connectivity index is 0.00000242. The van der Waals surface area contributed by atoms with Gasteiger partial charge < -0.3 is 10.1 Å². The molecule has 0 radical (unpaired) electrons. The molecule has 1 aromatic rings. The van der Waals surface area contributed by atoms with Gasteiger partial charge in [-0.05, 0) is 64.0 Å². The minimum atomic E-state index is 0. The third kappa shape index (κ3) is 6.13. The first-order chi connectivity index (χ1) is 10.2. The summed E-state index contributed by atoms with van der Waals surface area (Å²) in [4.78, 5) is 2.46. The Morgan fingerprint density at radius 3 is 2.45 bits per heavy atom. The number of rotatable bonds is 7. The molecule has 1 fully saturated rings. The molecule has 6 heteroatoms. The average Bonchev–Trinajstić information content (AvgIpc) is 2.49.